The summed E-state index contributed by atoms with van der Waals surface area (Å²) in [5.74, 6) is 2.71. The number of para-hydroxylation sites is 1. The Hall–Kier alpha value is -2.37. The van der Waals surface area contributed by atoms with Crippen molar-refractivity contribution in [3.8, 4) is 5.75 Å². The Kier molecular flexibility index (Phi) is 3.50. The zero-order valence-corrected chi connectivity index (χ0v) is 14.1. The number of carbonyl (C=O) groups excluding carboxylic acids is 1. The zero-order chi connectivity index (χ0) is 16.8. The summed E-state index contributed by atoms with van der Waals surface area (Å²) >= 11 is 0. The molecule has 0 spiro atoms. The number of hydrogen-bond donors (Lipinski definition) is 0. The van der Waals surface area contributed by atoms with E-state index in [2.05, 4.69) is 10.1 Å². The van der Waals surface area contributed by atoms with Crippen molar-refractivity contribution in [1.82, 2.24) is 15.0 Å². The molecule has 1 amide bonds. The maximum absolute atomic E-state index is 13.3. The second-order valence-corrected chi connectivity index (χ2v) is 7.18. The highest BCUT2D eigenvalue weighted by Gasteiger charge is 2.39. The van der Waals surface area contributed by atoms with Crippen LogP contribution < -0.4 is 4.74 Å². The second kappa shape index (κ2) is 5.86. The number of aromatic nitrogens is 2. The van der Waals surface area contributed by atoms with Crippen LogP contribution in [0.1, 0.15) is 67.3 Å². The maximum Gasteiger partial charge on any atom is 0.231 e. The van der Waals surface area contributed by atoms with Gasteiger partial charge in [0.15, 0.2) is 5.82 Å². The minimum atomic E-state index is -0.139. The third-order valence-electron chi connectivity index (χ3n) is 5.47. The van der Waals surface area contributed by atoms with Crippen molar-refractivity contribution in [1.29, 1.82) is 0 Å². The Morgan fingerprint density at radius 3 is 2.92 bits per heavy atom. The summed E-state index contributed by atoms with van der Waals surface area (Å²) in [5, 5.41) is 4.18. The molecule has 0 unspecified atom stereocenters. The first-order valence-corrected chi connectivity index (χ1v) is 9.17. The molecule has 1 aromatic heterocycles. The minimum Gasteiger partial charge on any atom is -0.493 e. The molecule has 0 N–H and O–H groups in total. The number of fused-ring (bicyclic) bond motifs is 1. The fourth-order valence-corrected chi connectivity index (χ4v) is 3.98. The van der Waals surface area contributed by atoms with Crippen LogP contribution in [0, 0.1) is 0 Å². The maximum atomic E-state index is 13.3. The molecule has 3 heterocycles. The molecular formula is C19H21N3O3. The number of ether oxygens (including phenoxy) is 1. The van der Waals surface area contributed by atoms with E-state index in [-0.39, 0.29) is 17.9 Å². The molecule has 6 heteroatoms. The van der Waals surface area contributed by atoms with Gasteiger partial charge >= 0.3 is 0 Å². The number of nitrogens with zero attached hydrogens (tertiary/aromatic N) is 3. The van der Waals surface area contributed by atoms with Crippen molar-refractivity contribution in [2.24, 2.45) is 0 Å². The van der Waals surface area contributed by atoms with Crippen molar-refractivity contribution in [3.05, 3.63) is 41.5 Å². The van der Waals surface area contributed by atoms with E-state index in [0.29, 0.717) is 18.3 Å². The van der Waals surface area contributed by atoms with Gasteiger partial charge in [0.2, 0.25) is 11.8 Å². The first-order chi connectivity index (χ1) is 12.3. The molecule has 0 bridgehead atoms. The van der Waals surface area contributed by atoms with Gasteiger partial charge in [-0.25, -0.2) is 0 Å². The highest BCUT2D eigenvalue weighted by atomic mass is 16.5. The lowest BCUT2D eigenvalue weighted by Gasteiger charge is -2.30. The van der Waals surface area contributed by atoms with Crippen LogP contribution in [0.2, 0.25) is 0 Å². The molecular weight excluding hydrogens is 318 g/mol. The molecule has 5 rings (SSSR count). The lowest BCUT2D eigenvalue weighted by molar-refractivity contribution is -0.134. The van der Waals surface area contributed by atoms with Gasteiger partial charge in [-0.15, -0.1) is 0 Å². The first kappa shape index (κ1) is 14.9. The Bertz CT molecular complexity index is 799. The molecule has 2 aromatic rings. The number of amides is 1. The Labute approximate surface area is 146 Å². The van der Waals surface area contributed by atoms with Gasteiger partial charge < -0.3 is 14.2 Å². The monoisotopic (exact) mass is 339 g/mol. The molecule has 1 aromatic carbocycles. The predicted molar refractivity (Wildman–Crippen MR) is 89.3 cm³/mol. The smallest absolute Gasteiger partial charge is 0.231 e. The van der Waals surface area contributed by atoms with Gasteiger partial charge in [0, 0.05) is 18.0 Å². The van der Waals surface area contributed by atoms with Crippen molar-refractivity contribution in [2.45, 2.75) is 50.0 Å². The fraction of sp³-hybridized carbons (Fsp3) is 0.526. The van der Waals surface area contributed by atoms with E-state index in [1.165, 1.54) is 0 Å². The number of likely N-dealkylation sites (tertiary alicyclic amines) is 1. The van der Waals surface area contributed by atoms with Crippen LogP contribution in [-0.2, 0) is 4.79 Å². The summed E-state index contributed by atoms with van der Waals surface area (Å²) in [6.45, 7) is 1.34. The normalized spacial score (nSPS) is 25.5. The lowest BCUT2D eigenvalue weighted by atomic mass is 9.91. The molecule has 6 nitrogen and oxygen atoms in total. The van der Waals surface area contributed by atoms with Gasteiger partial charge in [-0.1, -0.05) is 23.4 Å². The molecule has 130 valence electrons. The van der Waals surface area contributed by atoms with Crippen LogP contribution in [0.5, 0.6) is 5.75 Å². The van der Waals surface area contributed by atoms with Gasteiger partial charge in [0.05, 0.1) is 18.6 Å². The quantitative estimate of drug-likeness (QED) is 0.859. The molecule has 25 heavy (non-hydrogen) atoms. The van der Waals surface area contributed by atoms with E-state index in [9.17, 15) is 4.79 Å². The van der Waals surface area contributed by atoms with E-state index in [1.807, 2.05) is 29.2 Å². The summed E-state index contributed by atoms with van der Waals surface area (Å²) in [5.41, 5.74) is 0.996. The highest BCUT2D eigenvalue weighted by Crippen LogP contribution is 2.41. The number of rotatable bonds is 3. The van der Waals surface area contributed by atoms with Crippen LogP contribution in [-0.4, -0.2) is 34.1 Å². The van der Waals surface area contributed by atoms with Gasteiger partial charge in [-0.2, -0.15) is 4.98 Å². The topological polar surface area (TPSA) is 68.5 Å². The number of hydrogen-bond acceptors (Lipinski definition) is 5. The molecule has 1 saturated carbocycles. The van der Waals surface area contributed by atoms with Crippen molar-refractivity contribution < 1.29 is 14.1 Å². The highest BCUT2D eigenvalue weighted by molar-refractivity contribution is 5.85. The standard InChI is InChI=1S/C19H21N3O3/c23-19(14-9-11-24-16-6-2-1-4-13(14)16)22-10-3-5-15(22)17-20-18(25-21-17)12-7-8-12/h1-2,4,6,12,14-15H,3,5,7-11H2/t14-,15+/m1/s1. The molecule has 0 radical (unpaired) electrons. The Balaban J connectivity index is 1.41. The van der Waals surface area contributed by atoms with Gasteiger partial charge in [0.1, 0.15) is 5.75 Å². The van der Waals surface area contributed by atoms with Crippen LogP contribution in [0.4, 0.5) is 0 Å². The molecule has 1 aliphatic carbocycles. The van der Waals surface area contributed by atoms with Gasteiger partial charge in [0.25, 0.3) is 0 Å². The third kappa shape index (κ3) is 2.60. The van der Waals surface area contributed by atoms with Crippen molar-refractivity contribution in [3.63, 3.8) is 0 Å². The van der Waals surface area contributed by atoms with E-state index in [1.54, 1.807) is 0 Å². The van der Waals surface area contributed by atoms with Crippen molar-refractivity contribution in [2.75, 3.05) is 13.2 Å². The largest absolute Gasteiger partial charge is 0.493 e. The number of carbonyl (C=O) groups is 1. The molecule has 2 atom stereocenters. The van der Waals surface area contributed by atoms with Gasteiger partial charge in [-0.05, 0) is 38.2 Å². The Morgan fingerprint density at radius 2 is 2.04 bits per heavy atom. The SMILES string of the molecule is O=C([C@@H]1CCOc2ccccc21)N1CCC[C@H]1c1noc(C2CC2)n1. The third-order valence-corrected chi connectivity index (χ3v) is 5.47. The van der Waals surface area contributed by atoms with E-state index < -0.39 is 0 Å². The van der Waals surface area contributed by atoms with E-state index in [0.717, 1.165) is 55.9 Å². The molecule has 2 aliphatic heterocycles. The van der Waals surface area contributed by atoms with Crippen LogP contribution in [0.3, 0.4) is 0 Å². The molecule has 2 fully saturated rings. The summed E-state index contributed by atoms with van der Waals surface area (Å²) in [6.07, 6.45) is 4.87. The number of benzene rings is 1. The summed E-state index contributed by atoms with van der Waals surface area (Å²) in [7, 11) is 0. The summed E-state index contributed by atoms with van der Waals surface area (Å²) < 4.78 is 11.1. The fourth-order valence-electron chi connectivity index (χ4n) is 3.98. The zero-order valence-electron chi connectivity index (χ0n) is 14.1. The lowest BCUT2D eigenvalue weighted by Crippen LogP contribution is -2.37. The van der Waals surface area contributed by atoms with Crippen LogP contribution in [0.25, 0.3) is 0 Å². The average molecular weight is 339 g/mol. The first-order valence-electron chi connectivity index (χ1n) is 9.17. The Morgan fingerprint density at radius 1 is 1.16 bits per heavy atom. The molecule has 3 aliphatic rings. The molecule has 1 saturated heterocycles. The summed E-state index contributed by atoms with van der Waals surface area (Å²) in [4.78, 5) is 19.8. The van der Waals surface area contributed by atoms with Crippen LogP contribution in [0.15, 0.2) is 28.8 Å². The second-order valence-electron chi connectivity index (χ2n) is 7.18. The average Bonchev–Trinajstić information content (AvgIpc) is 3.19. The van der Waals surface area contributed by atoms with Crippen molar-refractivity contribution >= 4 is 5.91 Å². The minimum absolute atomic E-state index is 0.0567. The van der Waals surface area contributed by atoms with E-state index in [4.69, 9.17) is 9.26 Å². The van der Waals surface area contributed by atoms with Crippen LogP contribution >= 0.6 is 0 Å². The van der Waals surface area contributed by atoms with E-state index >= 15 is 0 Å². The summed E-state index contributed by atoms with van der Waals surface area (Å²) in [6, 6.07) is 7.80. The van der Waals surface area contributed by atoms with Gasteiger partial charge in [-0.3, -0.25) is 4.79 Å². The predicted octanol–water partition coefficient (Wildman–Crippen LogP) is 3.18.